The first kappa shape index (κ1) is 19.5. The van der Waals surface area contributed by atoms with Crippen LogP contribution in [-0.2, 0) is 11.2 Å². The van der Waals surface area contributed by atoms with Crippen LogP contribution >= 0.6 is 0 Å². The van der Waals surface area contributed by atoms with Crippen molar-refractivity contribution >= 4 is 11.7 Å². The Labute approximate surface area is 153 Å². The largest absolute Gasteiger partial charge is 0.493 e. The SMILES string of the molecule is COCCNc1cc(C(=O)NCCc2ccc(OC)c(OC)c2)ccn1. The van der Waals surface area contributed by atoms with Gasteiger partial charge in [-0.25, -0.2) is 4.98 Å². The number of nitrogens with one attached hydrogen (secondary N) is 2. The molecule has 0 atom stereocenters. The van der Waals surface area contributed by atoms with Crippen molar-refractivity contribution in [3.8, 4) is 11.5 Å². The van der Waals surface area contributed by atoms with E-state index in [0.717, 1.165) is 5.56 Å². The minimum atomic E-state index is -0.136. The zero-order chi connectivity index (χ0) is 18.8. The van der Waals surface area contributed by atoms with Gasteiger partial charge in [0.25, 0.3) is 5.91 Å². The number of hydrogen-bond acceptors (Lipinski definition) is 6. The fourth-order valence-corrected chi connectivity index (χ4v) is 2.41. The van der Waals surface area contributed by atoms with Crippen molar-refractivity contribution < 1.29 is 19.0 Å². The van der Waals surface area contributed by atoms with Crippen molar-refractivity contribution in [2.45, 2.75) is 6.42 Å². The number of hydrogen-bond donors (Lipinski definition) is 2. The molecule has 0 saturated heterocycles. The standard InChI is InChI=1S/C19H25N3O4/c1-24-11-10-21-18-13-15(7-9-20-18)19(23)22-8-6-14-4-5-16(25-2)17(12-14)26-3/h4-5,7,9,12-13H,6,8,10-11H2,1-3H3,(H,20,21)(H,22,23). The number of nitrogens with zero attached hydrogens (tertiary/aromatic N) is 1. The summed E-state index contributed by atoms with van der Waals surface area (Å²) in [7, 11) is 4.84. The monoisotopic (exact) mass is 359 g/mol. The van der Waals surface area contributed by atoms with Crippen LogP contribution in [0.5, 0.6) is 11.5 Å². The van der Waals surface area contributed by atoms with E-state index in [2.05, 4.69) is 15.6 Å². The van der Waals surface area contributed by atoms with E-state index in [-0.39, 0.29) is 5.91 Å². The lowest BCUT2D eigenvalue weighted by Gasteiger charge is -2.10. The first-order valence-corrected chi connectivity index (χ1v) is 8.36. The minimum Gasteiger partial charge on any atom is -0.493 e. The zero-order valence-electron chi connectivity index (χ0n) is 15.4. The molecule has 2 aromatic rings. The number of aromatic nitrogens is 1. The molecule has 0 fully saturated rings. The van der Waals surface area contributed by atoms with Crippen molar-refractivity contribution in [2.24, 2.45) is 0 Å². The second-order valence-electron chi connectivity index (χ2n) is 5.54. The normalized spacial score (nSPS) is 10.3. The third-order valence-corrected chi connectivity index (χ3v) is 3.78. The van der Waals surface area contributed by atoms with E-state index in [4.69, 9.17) is 14.2 Å². The lowest BCUT2D eigenvalue weighted by Crippen LogP contribution is -2.26. The Morgan fingerprint density at radius 3 is 2.58 bits per heavy atom. The van der Waals surface area contributed by atoms with Gasteiger partial charge in [-0.2, -0.15) is 0 Å². The molecule has 26 heavy (non-hydrogen) atoms. The lowest BCUT2D eigenvalue weighted by molar-refractivity contribution is 0.0954. The topological polar surface area (TPSA) is 81.7 Å². The maximum absolute atomic E-state index is 12.3. The highest BCUT2D eigenvalue weighted by atomic mass is 16.5. The molecule has 0 saturated carbocycles. The average molecular weight is 359 g/mol. The number of benzene rings is 1. The quantitative estimate of drug-likeness (QED) is 0.633. The number of pyridine rings is 1. The van der Waals surface area contributed by atoms with E-state index < -0.39 is 0 Å². The molecule has 1 heterocycles. The lowest BCUT2D eigenvalue weighted by atomic mass is 10.1. The molecular formula is C19H25N3O4. The summed E-state index contributed by atoms with van der Waals surface area (Å²) in [5, 5.41) is 6.02. The Bertz CT molecular complexity index is 722. The number of ether oxygens (including phenoxy) is 3. The van der Waals surface area contributed by atoms with E-state index in [1.165, 1.54) is 0 Å². The Kier molecular flexibility index (Phi) is 7.70. The zero-order valence-corrected chi connectivity index (χ0v) is 15.4. The van der Waals surface area contributed by atoms with Crippen LogP contribution in [0.1, 0.15) is 15.9 Å². The van der Waals surface area contributed by atoms with Gasteiger partial charge in [0.05, 0.1) is 20.8 Å². The van der Waals surface area contributed by atoms with E-state index in [0.29, 0.717) is 49.0 Å². The molecule has 0 spiro atoms. The van der Waals surface area contributed by atoms with Gasteiger partial charge < -0.3 is 24.8 Å². The Morgan fingerprint density at radius 2 is 1.85 bits per heavy atom. The first-order chi connectivity index (χ1) is 12.7. The van der Waals surface area contributed by atoms with Gasteiger partial charge in [-0.3, -0.25) is 4.79 Å². The molecule has 140 valence electrons. The number of anilines is 1. The summed E-state index contributed by atoms with van der Waals surface area (Å²) in [5.74, 6) is 1.88. The summed E-state index contributed by atoms with van der Waals surface area (Å²) in [6.45, 7) is 1.72. The van der Waals surface area contributed by atoms with Gasteiger partial charge in [0, 0.05) is 32.0 Å². The van der Waals surface area contributed by atoms with E-state index in [1.807, 2.05) is 18.2 Å². The smallest absolute Gasteiger partial charge is 0.251 e. The number of amides is 1. The maximum Gasteiger partial charge on any atom is 0.251 e. The van der Waals surface area contributed by atoms with Crippen LogP contribution in [0.25, 0.3) is 0 Å². The van der Waals surface area contributed by atoms with E-state index >= 15 is 0 Å². The van der Waals surface area contributed by atoms with Crippen LogP contribution in [0.2, 0.25) is 0 Å². The van der Waals surface area contributed by atoms with Crippen LogP contribution in [0.3, 0.4) is 0 Å². The highest BCUT2D eigenvalue weighted by Crippen LogP contribution is 2.27. The van der Waals surface area contributed by atoms with Gasteiger partial charge in [0.2, 0.25) is 0 Å². The van der Waals surface area contributed by atoms with Crippen LogP contribution in [-0.4, -0.2) is 51.9 Å². The van der Waals surface area contributed by atoms with Crippen molar-refractivity contribution in [3.63, 3.8) is 0 Å². The molecule has 0 unspecified atom stereocenters. The molecule has 1 amide bonds. The van der Waals surface area contributed by atoms with Crippen molar-refractivity contribution in [1.29, 1.82) is 0 Å². The fraction of sp³-hybridized carbons (Fsp3) is 0.368. The second-order valence-corrected chi connectivity index (χ2v) is 5.54. The van der Waals surface area contributed by atoms with Gasteiger partial charge >= 0.3 is 0 Å². The molecule has 7 nitrogen and oxygen atoms in total. The Hall–Kier alpha value is -2.80. The number of rotatable bonds is 10. The number of carbonyl (C=O) groups excluding carboxylic acids is 1. The van der Waals surface area contributed by atoms with Crippen LogP contribution in [0, 0.1) is 0 Å². The highest BCUT2D eigenvalue weighted by molar-refractivity contribution is 5.94. The molecule has 0 radical (unpaired) electrons. The molecule has 0 aliphatic rings. The summed E-state index contributed by atoms with van der Waals surface area (Å²) >= 11 is 0. The summed E-state index contributed by atoms with van der Waals surface area (Å²) < 4.78 is 15.5. The molecule has 1 aromatic carbocycles. The summed E-state index contributed by atoms with van der Waals surface area (Å²) in [5.41, 5.74) is 1.62. The number of methoxy groups -OCH3 is 3. The van der Waals surface area contributed by atoms with Gasteiger partial charge in [-0.05, 0) is 36.2 Å². The number of carbonyl (C=O) groups is 1. The van der Waals surface area contributed by atoms with Crippen LogP contribution in [0.15, 0.2) is 36.5 Å². The predicted octanol–water partition coefficient (Wildman–Crippen LogP) is 2.13. The first-order valence-electron chi connectivity index (χ1n) is 8.36. The molecular weight excluding hydrogens is 334 g/mol. The van der Waals surface area contributed by atoms with Crippen molar-refractivity contribution in [2.75, 3.05) is 46.3 Å². The van der Waals surface area contributed by atoms with Crippen LogP contribution in [0.4, 0.5) is 5.82 Å². The van der Waals surface area contributed by atoms with Gasteiger partial charge in [0.15, 0.2) is 11.5 Å². The molecule has 2 N–H and O–H groups in total. The molecule has 1 aromatic heterocycles. The fourth-order valence-electron chi connectivity index (χ4n) is 2.41. The molecule has 0 bridgehead atoms. The maximum atomic E-state index is 12.3. The summed E-state index contributed by atoms with van der Waals surface area (Å²) in [6, 6.07) is 9.14. The molecule has 2 rings (SSSR count). The average Bonchev–Trinajstić information content (AvgIpc) is 2.68. The second kappa shape index (κ2) is 10.2. The summed E-state index contributed by atoms with van der Waals surface area (Å²) in [4.78, 5) is 16.5. The predicted molar refractivity (Wildman–Crippen MR) is 100 cm³/mol. The third kappa shape index (κ3) is 5.63. The highest BCUT2D eigenvalue weighted by Gasteiger charge is 2.08. The van der Waals surface area contributed by atoms with Crippen molar-refractivity contribution in [3.05, 3.63) is 47.7 Å². The van der Waals surface area contributed by atoms with Gasteiger partial charge in [-0.15, -0.1) is 0 Å². The van der Waals surface area contributed by atoms with Gasteiger partial charge in [-0.1, -0.05) is 6.07 Å². The molecule has 7 heteroatoms. The van der Waals surface area contributed by atoms with Gasteiger partial charge in [0.1, 0.15) is 5.82 Å². The minimum absolute atomic E-state index is 0.136. The third-order valence-electron chi connectivity index (χ3n) is 3.78. The Morgan fingerprint density at radius 1 is 1.04 bits per heavy atom. The van der Waals surface area contributed by atoms with E-state index in [9.17, 15) is 4.79 Å². The van der Waals surface area contributed by atoms with Crippen LogP contribution < -0.4 is 20.1 Å². The summed E-state index contributed by atoms with van der Waals surface area (Å²) in [6.07, 6.45) is 2.30. The Balaban J connectivity index is 1.88. The molecule has 0 aliphatic carbocycles. The molecule has 0 aliphatic heterocycles. The van der Waals surface area contributed by atoms with E-state index in [1.54, 1.807) is 39.7 Å². The van der Waals surface area contributed by atoms with Crippen molar-refractivity contribution in [1.82, 2.24) is 10.3 Å².